The smallest absolute Gasteiger partial charge is 0.123 e. The minimum Gasteiger partial charge on any atom is -0.381 e. The van der Waals surface area contributed by atoms with Crippen LogP contribution in [0.3, 0.4) is 0 Å². The molecular formula is C18H28FNO. The van der Waals surface area contributed by atoms with Gasteiger partial charge in [0.1, 0.15) is 5.82 Å². The minimum atomic E-state index is -0.155. The molecule has 2 rings (SSSR count). The van der Waals surface area contributed by atoms with E-state index in [0.29, 0.717) is 11.8 Å². The van der Waals surface area contributed by atoms with E-state index in [1.165, 1.54) is 18.9 Å². The second-order valence-electron chi connectivity index (χ2n) is 7.01. The molecule has 1 N–H and O–H groups in total. The van der Waals surface area contributed by atoms with Crippen LogP contribution in [-0.2, 0) is 4.74 Å². The van der Waals surface area contributed by atoms with Crippen molar-refractivity contribution in [3.05, 3.63) is 35.6 Å². The van der Waals surface area contributed by atoms with Crippen LogP contribution in [0.25, 0.3) is 0 Å². The lowest BCUT2D eigenvalue weighted by atomic mass is 9.86. The first kappa shape index (κ1) is 16.4. The molecule has 3 heteroatoms. The van der Waals surface area contributed by atoms with Crippen LogP contribution in [0.2, 0.25) is 0 Å². The van der Waals surface area contributed by atoms with Crippen LogP contribution < -0.4 is 5.32 Å². The van der Waals surface area contributed by atoms with Gasteiger partial charge in [-0.25, -0.2) is 4.39 Å². The lowest BCUT2D eigenvalue weighted by molar-refractivity contribution is 0.0416. The molecule has 1 aromatic rings. The average molecular weight is 293 g/mol. The molecule has 1 aliphatic rings. The Morgan fingerprint density at radius 2 is 2.24 bits per heavy atom. The van der Waals surface area contributed by atoms with Crippen molar-refractivity contribution in [3.63, 3.8) is 0 Å². The van der Waals surface area contributed by atoms with Gasteiger partial charge in [-0.2, -0.15) is 0 Å². The Kier molecular flexibility index (Phi) is 5.77. The molecule has 118 valence electrons. The normalized spacial score (nSPS) is 21.2. The second-order valence-corrected chi connectivity index (χ2v) is 7.01. The maximum absolute atomic E-state index is 13.3. The van der Waals surface area contributed by atoms with Crippen molar-refractivity contribution in [2.45, 2.75) is 51.5 Å². The first-order chi connectivity index (χ1) is 9.96. The molecule has 2 atom stereocenters. The Hall–Kier alpha value is -0.930. The molecule has 0 saturated carbocycles. The first-order valence-electron chi connectivity index (χ1n) is 8.04. The molecule has 1 aromatic carbocycles. The molecular weight excluding hydrogens is 265 g/mol. The van der Waals surface area contributed by atoms with Crippen LogP contribution in [0, 0.1) is 11.7 Å². The van der Waals surface area contributed by atoms with Crippen molar-refractivity contribution in [2.75, 3.05) is 19.8 Å². The van der Waals surface area contributed by atoms with Crippen LogP contribution in [-0.4, -0.2) is 25.3 Å². The molecule has 0 aromatic heterocycles. The van der Waals surface area contributed by atoms with E-state index in [9.17, 15) is 4.39 Å². The highest BCUT2D eigenvalue weighted by Crippen LogP contribution is 2.25. The van der Waals surface area contributed by atoms with E-state index in [1.807, 2.05) is 6.07 Å². The molecule has 0 bridgehead atoms. The molecule has 0 spiro atoms. The van der Waals surface area contributed by atoms with Gasteiger partial charge >= 0.3 is 0 Å². The van der Waals surface area contributed by atoms with Crippen molar-refractivity contribution in [3.8, 4) is 0 Å². The molecule has 1 heterocycles. The third-order valence-electron chi connectivity index (χ3n) is 4.36. The molecule has 21 heavy (non-hydrogen) atoms. The zero-order chi connectivity index (χ0) is 15.3. The van der Waals surface area contributed by atoms with Crippen LogP contribution in [0.15, 0.2) is 24.3 Å². The Labute approximate surface area is 128 Å². The van der Waals surface area contributed by atoms with Gasteiger partial charge in [0, 0.05) is 25.3 Å². The van der Waals surface area contributed by atoms with Crippen LogP contribution in [0.4, 0.5) is 4.39 Å². The molecule has 1 saturated heterocycles. The molecule has 1 fully saturated rings. The van der Waals surface area contributed by atoms with Crippen molar-refractivity contribution >= 4 is 0 Å². The molecule has 0 unspecified atom stereocenters. The van der Waals surface area contributed by atoms with Crippen LogP contribution >= 0.6 is 0 Å². The third kappa shape index (κ3) is 5.40. The summed E-state index contributed by atoms with van der Waals surface area (Å²) >= 11 is 0. The summed E-state index contributed by atoms with van der Waals surface area (Å²) < 4.78 is 18.8. The highest BCUT2D eigenvalue weighted by molar-refractivity contribution is 5.20. The average Bonchev–Trinajstić information content (AvgIpc) is 2.45. The summed E-state index contributed by atoms with van der Waals surface area (Å²) in [5, 5.41) is 3.65. The SMILES string of the molecule is C[C@@H](CNC(C)(C)C[C@@H]1CCCOC1)c1cccc(F)c1. The second kappa shape index (κ2) is 7.37. The van der Waals surface area contributed by atoms with E-state index >= 15 is 0 Å². The minimum absolute atomic E-state index is 0.0902. The maximum Gasteiger partial charge on any atom is 0.123 e. The lowest BCUT2D eigenvalue weighted by Gasteiger charge is -2.33. The van der Waals surface area contributed by atoms with Crippen LogP contribution in [0.5, 0.6) is 0 Å². The van der Waals surface area contributed by atoms with E-state index < -0.39 is 0 Å². The summed E-state index contributed by atoms with van der Waals surface area (Å²) in [6, 6.07) is 6.91. The van der Waals surface area contributed by atoms with Gasteiger partial charge in [0.25, 0.3) is 0 Å². The largest absolute Gasteiger partial charge is 0.381 e. The zero-order valence-electron chi connectivity index (χ0n) is 13.5. The standard InChI is InChI=1S/C18H28FNO/c1-14(16-7-4-8-17(19)10-16)12-20-18(2,3)11-15-6-5-9-21-13-15/h4,7-8,10,14-15,20H,5-6,9,11-13H2,1-3H3/t14-,15-/m0/s1. The summed E-state index contributed by atoms with van der Waals surface area (Å²) in [5.41, 5.74) is 1.15. The van der Waals surface area contributed by atoms with E-state index in [2.05, 4.69) is 26.1 Å². The monoisotopic (exact) mass is 293 g/mol. The van der Waals surface area contributed by atoms with Crippen molar-refractivity contribution < 1.29 is 9.13 Å². The summed E-state index contributed by atoms with van der Waals surface area (Å²) in [4.78, 5) is 0. The van der Waals surface area contributed by atoms with Gasteiger partial charge in [0.05, 0.1) is 0 Å². The highest BCUT2D eigenvalue weighted by Gasteiger charge is 2.25. The molecule has 0 aliphatic carbocycles. The van der Waals surface area contributed by atoms with Gasteiger partial charge in [0.2, 0.25) is 0 Å². The molecule has 0 radical (unpaired) electrons. The van der Waals surface area contributed by atoms with E-state index in [-0.39, 0.29) is 11.4 Å². The number of hydrogen-bond donors (Lipinski definition) is 1. The van der Waals surface area contributed by atoms with Crippen molar-refractivity contribution in [1.82, 2.24) is 5.32 Å². The number of ether oxygens (including phenoxy) is 1. The Morgan fingerprint density at radius 1 is 1.43 bits per heavy atom. The van der Waals surface area contributed by atoms with E-state index in [1.54, 1.807) is 12.1 Å². The third-order valence-corrected chi connectivity index (χ3v) is 4.36. The number of benzene rings is 1. The fourth-order valence-electron chi connectivity index (χ4n) is 3.12. The van der Waals surface area contributed by atoms with Crippen molar-refractivity contribution in [2.24, 2.45) is 5.92 Å². The quantitative estimate of drug-likeness (QED) is 0.852. The Bertz CT molecular complexity index is 441. The lowest BCUT2D eigenvalue weighted by Crippen LogP contribution is -2.43. The topological polar surface area (TPSA) is 21.3 Å². The Balaban J connectivity index is 1.82. The fraction of sp³-hybridized carbons (Fsp3) is 0.667. The predicted molar refractivity (Wildman–Crippen MR) is 85.1 cm³/mol. The number of nitrogens with one attached hydrogen (secondary N) is 1. The van der Waals surface area contributed by atoms with Gasteiger partial charge in [-0.05, 0) is 62.6 Å². The predicted octanol–water partition coefficient (Wildman–Crippen LogP) is 4.11. The Morgan fingerprint density at radius 3 is 2.90 bits per heavy atom. The van der Waals surface area contributed by atoms with Gasteiger partial charge in [-0.1, -0.05) is 19.1 Å². The highest BCUT2D eigenvalue weighted by atomic mass is 19.1. The summed E-state index contributed by atoms with van der Waals surface area (Å²) in [6.45, 7) is 9.32. The molecule has 0 amide bonds. The van der Waals surface area contributed by atoms with E-state index in [0.717, 1.165) is 31.7 Å². The van der Waals surface area contributed by atoms with Crippen LogP contribution in [0.1, 0.15) is 51.5 Å². The summed E-state index contributed by atoms with van der Waals surface area (Å²) in [5.74, 6) is 0.811. The van der Waals surface area contributed by atoms with E-state index in [4.69, 9.17) is 4.74 Å². The zero-order valence-corrected chi connectivity index (χ0v) is 13.5. The van der Waals surface area contributed by atoms with Gasteiger partial charge in [0.15, 0.2) is 0 Å². The number of halogens is 1. The summed E-state index contributed by atoms with van der Waals surface area (Å²) in [7, 11) is 0. The van der Waals surface area contributed by atoms with Gasteiger partial charge < -0.3 is 10.1 Å². The molecule has 2 nitrogen and oxygen atoms in total. The summed E-state index contributed by atoms with van der Waals surface area (Å²) in [6.07, 6.45) is 3.58. The molecule has 1 aliphatic heterocycles. The number of hydrogen-bond acceptors (Lipinski definition) is 2. The van der Waals surface area contributed by atoms with Gasteiger partial charge in [-0.15, -0.1) is 0 Å². The first-order valence-corrected chi connectivity index (χ1v) is 8.04. The fourth-order valence-corrected chi connectivity index (χ4v) is 3.12. The van der Waals surface area contributed by atoms with Gasteiger partial charge in [-0.3, -0.25) is 0 Å². The van der Waals surface area contributed by atoms with Crippen molar-refractivity contribution in [1.29, 1.82) is 0 Å². The number of rotatable bonds is 6. The maximum atomic E-state index is 13.3.